The topological polar surface area (TPSA) is 46.2 Å². The van der Waals surface area contributed by atoms with E-state index in [0.29, 0.717) is 0 Å². The van der Waals surface area contributed by atoms with Gasteiger partial charge in [-0.3, -0.25) is 0 Å². The summed E-state index contributed by atoms with van der Waals surface area (Å²) in [6.45, 7) is -0.00492. The van der Waals surface area contributed by atoms with Crippen molar-refractivity contribution in [2.24, 2.45) is 5.73 Å². The van der Waals surface area contributed by atoms with Crippen LogP contribution < -0.4 is 5.73 Å². The Kier molecular flexibility index (Phi) is 1.86. The van der Waals surface area contributed by atoms with Crippen LogP contribution in [0.4, 0.5) is 4.39 Å². The molecule has 0 radical (unpaired) electrons. The molecule has 0 heterocycles. The van der Waals surface area contributed by atoms with E-state index in [2.05, 4.69) is 0 Å². The van der Waals surface area contributed by atoms with E-state index in [0.717, 1.165) is 12.0 Å². The lowest BCUT2D eigenvalue weighted by Gasteiger charge is -2.06. The van der Waals surface area contributed by atoms with Crippen LogP contribution in [0.15, 0.2) is 24.3 Å². The van der Waals surface area contributed by atoms with Crippen LogP contribution in [0.2, 0.25) is 0 Å². The monoisotopic (exact) mass is 181 g/mol. The normalized spacial score (nSPS) is 31.8. The highest BCUT2D eigenvalue weighted by atomic mass is 19.1. The Balaban J connectivity index is 2.16. The summed E-state index contributed by atoms with van der Waals surface area (Å²) in [5, 5.41) is 8.95. The van der Waals surface area contributed by atoms with Gasteiger partial charge in [-0.05, 0) is 24.1 Å². The molecule has 1 aliphatic carbocycles. The molecule has 2 nitrogen and oxygen atoms in total. The predicted molar refractivity (Wildman–Crippen MR) is 47.8 cm³/mol. The van der Waals surface area contributed by atoms with Gasteiger partial charge >= 0.3 is 0 Å². The Morgan fingerprint density at radius 1 is 1.46 bits per heavy atom. The molecule has 0 aromatic heterocycles. The minimum Gasteiger partial charge on any atom is -0.394 e. The SMILES string of the molecule is NC1(CO)CC1c1ccc(F)cc1. The molecule has 1 aromatic carbocycles. The van der Waals surface area contributed by atoms with Gasteiger partial charge in [0.2, 0.25) is 0 Å². The number of aliphatic hydroxyl groups is 1. The fourth-order valence-corrected chi connectivity index (χ4v) is 1.64. The van der Waals surface area contributed by atoms with Gasteiger partial charge in [-0.1, -0.05) is 12.1 Å². The van der Waals surface area contributed by atoms with Crippen molar-refractivity contribution in [1.82, 2.24) is 0 Å². The van der Waals surface area contributed by atoms with E-state index < -0.39 is 5.54 Å². The molecule has 3 N–H and O–H groups in total. The third kappa shape index (κ3) is 1.45. The number of hydrogen-bond acceptors (Lipinski definition) is 2. The molecule has 2 atom stereocenters. The van der Waals surface area contributed by atoms with Crippen LogP contribution in [0.25, 0.3) is 0 Å². The molecule has 0 saturated heterocycles. The van der Waals surface area contributed by atoms with Crippen molar-refractivity contribution >= 4 is 0 Å². The second kappa shape index (κ2) is 2.79. The van der Waals surface area contributed by atoms with Crippen molar-refractivity contribution in [3.8, 4) is 0 Å². The molecule has 13 heavy (non-hydrogen) atoms. The van der Waals surface area contributed by atoms with Gasteiger partial charge in [0.15, 0.2) is 0 Å². The summed E-state index contributed by atoms with van der Waals surface area (Å²) in [5.41, 5.74) is 6.37. The lowest BCUT2D eigenvalue weighted by molar-refractivity contribution is 0.253. The molecule has 3 heteroatoms. The molecule has 1 aliphatic rings. The standard InChI is InChI=1S/C10H12FNO/c11-8-3-1-7(2-4-8)9-5-10(9,12)6-13/h1-4,9,13H,5-6,12H2. The fourth-order valence-electron chi connectivity index (χ4n) is 1.64. The molecule has 0 aliphatic heterocycles. The van der Waals surface area contributed by atoms with Crippen LogP contribution in [0.3, 0.4) is 0 Å². The van der Waals surface area contributed by atoms with Gasteiger partial charge in [0, 0.05) is 11.5 Å². The van der Waals surface area contributed by atoms with Crippen molar-refractivity contribution in [3.63, 3.8) is 0 Å². The van der Waals surface area contributed by atoms with Crippen LogP contribution in [0.5, 0.6) is 0 Å². The van der Waals surface area contributed by atoms with Gasteiger partial charge in [0.05, 0.1) is 6.61 Å². The van der Waals surface area contributed by atoms with Crippen LogP contribution >= 0.6 is 0 Å². The number of benzene rings is 1. The first-order chi connectivity index (χ1) is 6.15. The summed E-state index contributed by atoms with van der Waals surface area (Å²) in [6, 6.07) is 6.30. The smallest absolute Gasteiger partial charge is 0.123 e. The zero-order valence-electron chi connectivity index (χ0n) is 7.20. The summed E-state index contributed by atoms with van der Waals surface area (Å²) >= 11 is 0. The lowest BCUT2D eigenvalue weighted by Crippen LogP contribution is -2.28. The Labute approximate surface area is 76.2 Å². The number of hydrogen-bond donors (Lipinski definition) is 2. The van der Waals surface area contributed by atoms with Crippen LogP contribution in [0.1, 0.15) is 17.9 Å². The Hall–Kier alpha value is -0.930. The van der Waals surface area contributed by atoms with Crippen LogP contribution in [-0.2, 0) is 0 Å². The van der Waals surface area contributed by atoms with Crippen molar-refractivity contribution in [3.05, 3.63) is 35.6 Å². The highest BCUT2D eigenvalue weighted by Gasteiger charge is 2.51. The van der Waals surface area contributed by atoms with E-state index in [4.69, 9.17) is 10.8 Å². The van der Waals surface area contributed by atoms with E-state index in [1.54, 1.807) is 12.1 Å². The molecular formula is C10H12FNO. The number of nitrogens with two attached hydrogens (primary N) is 1. The average Bonchev–Trinajstić information content (AvgIpc) is 2.81. The van der Waals surface area contributed by atoms with E-state index in [1.807, 2.05) is 0 Å². The van der Waals surface area contributed by atoms with Crippen molar-refractivity contribution in [1.29, 1.82) is 0 Å². The summed E-state index contributed by atoms with van der Waals surface area (Å²) < 4.78 is 12.6. The first-order valence-corrected chi connectivity index (χ1v) is 4.31. The Morgan fingerprint density at radius 3 is 2.54 bits per heavy atom. The van der Waals surface area contributed by atoms with Gasteiger partial charge in [0.1, 0.15) is 5.82 Å². The maximum absolute atomic E-state index is 12.6. The molecule has 1 saturated carbocycles. The minimum absolute atomic E-state index is 0.00492. The van der Waals surface area contributed by atoms with Crippen molar-refractivity contribution in [2.45, 2.75) is 17.9 Å². The predicted octanol–water partition coefficient (Wildman–Crippen LogP) is 1.00. The van der Waals surface area contributed by atoms with E-state index in [-0.39, 0.29) is 18.3 Å². The molecule has 0 spiro atoms. The maximum Gasteiger partial charge on any atom is 0.123 e. The van der Waals surface area contributed by atoms with Crippen molar-refractivity contribution < 1.29 is 9.50 Å². The molecular weight excluding hydrogens is 169 g/mol. The van der Waals surface area contributed by atoms with Gasteiger partial charge in [0.25, 0.3) is 0 Å². The zero-order valence-corrected chi connectivity index (χ0v) is 7.20. The van der Waals surface area contributed by atoms with E-state index >= 15 is 0 Å². The quantitative estimate of drug-likeness (QED) is 0.715. The molecule has 1 aromatic rings. The van der Waals surface area contributed by atoms with Crippen LogP contribution in [-0.4, -0.2) is 17.3 Å². The van der Waals surface area contributed by atoms with Gasteiger partial charge in [-0.2, -0.15) is 0 Å². The summed E-state index contributed by atoms with van der Waals surface area (Å²) in [6.07, 6.45) is 0.787. The van der Waals surface area contributed by atoms with Crippen molar-refractivity contribution in [2.75, 3.05) is 6.61 Å². The lowest BCUT2D eigenvalue weighted by atomic mass is 10.1. The fraction of sp³-hybridized carbons (Fsp3) is 0.400. The third-order valence-electron chi connectivity index (χ3n) is 2.68. The second-order valence-corrected chi connectivity index (χ2v) is 3.70. The van der Waals surface area contributed by atoms with E-state index in [9.17, 15) is 4.39 Å². The van der Waals surface area contributed by atoms with E-state index in [1.165, 1.54) is 12.1 Å². The molecule has 2 rings (SSSR count). The molecule has 2 unspecified atom stereocenters. The molecule has 0 bridgehead atoms. The zero-order chi connectivity index (χ0) is 9.47. The summed E-state index contributed by atoms with van der Waals surface area (Å²) in [4.78, 5) is 0. The summed E-state index contributed by atoms with van der Waals surface area (Å²) in [7, 11) is 0. The first kappa shape index (κ1) is 8.66. The molecule has 1 fully saturated rings. The highest BCUT2D eigenvalue weighted by molar-refractivity contribution is 5.33. The Morgan fingerprint density at radius 2 is 2.08 bits per heavy atom. The van der Waals surface area contributed by atoms with Gasteiger partial charge in [-0.25, -0.2) is 4.39 Å². The number of aliphatic hydroxyl groups excluding tert-OH is 1. The summed E-state index contributed by atoms with van der Waals surface area (Å²) in [5.74, 6) is -0.0471. The maximum atomic E-state index is 12.6. The largest absolute Gasteiger partial charge is 0.394 e. The highest BCUT2D eigenvalue weighted by Crippen LogP contribution is 2.48. The van der Waals surface area contributed by atoms with Gasteiger partial charge < -0.3 is 10.8 Å². The van der Waals surface area contributed by atoms with Crippen LogP contribution in [0, 0.1) is 5.82 Å². The Bertz CT molecular complexity index is 311. The molecule has 0 amide bonds. The average molecular weight is 181 g/mol. The second-order valence-electron chi connectivity index (χ2n) is 3.70. The molecule has 70 valence electrons. The number of halogens is 1. The minimum atomic E-state index is -0.460. The van der Waals surface area contributed by atoms with Gasteiger partial charge in [-0.15, -0.1) is 0 Å². The number of rotatable bonds is 2. The first-order valence-electron chi connectivity index (χ1n) is 4.31. The third-order valence-corrected chi connectivity index (χ3v) is 2.68.